The van der Waals surface area contributed by atoms with E-state index in [9.17, 15) is 9.59 Å². The van der Waals surface area contributed by atoms with E-state index in [-0.39, 0.29) is 12.5 Å². The molecule has 0 aliphatic carbocycles. The zero-order valence-electron chi connectivity index (χ0n) is 15.9. The number of hydrogen-bond acceptors (Lipinski definition) is 5. The molecule has 0 fully saturated rings. The molecule has 0 atom stereocenters. The van der Waals surface area contributed by atoms with E-state index in [0.29, 0.717) is 17.8 Å². The van der Waals surface area contributed by atoms with Crippen molar-refractivity contribution in [3.63, 3.8) is 0 Å². The molecule has 2 aromatic carbocycles. The number of aromatic nitrogens is 1. The van der Waals surface area contributed by atoms with Gasteiger partial charge in [-0.05, 0) is 37.4 Å². The number of rotatable bonds is 4. The van der Waals surface area contributed by atoms with E-state index >= 15 is 0 Å². The second-order valence-electron chi connectivity index (χ2n) is 7.05. The van der Waals surface area contributed by atoms with E-state index in [0.717, 1.165) is 39.6 Å². The van der Waals surface area contributed by atoms with Crippen LogP contribution in [0.15, 0.2) is 53.0 Å². The third-order valence-corrected chi connectivity index (χ3v) is 5.43. The van der Waals surface area contributed by atoms with E-state index in [1.807, 2.05) is 43.4 Å². The van der Waals surface area contributed by atoms with Crippen LogP contribution in [0.25, 0.3) is 10.9 Å². The Morgan fingerprint density at radius 3 is 2.72 bits per heavy atom. The monoisotopic (exact) mass is 453 g/mol. The molecule has 2 heterocycles. The lowest BCUT2D eigenvalue weighted by atomic mass is 9.96. The Balaban J connectivity index is 1.55. The first kappa shape index (κ1) is 19.5. The minimum atomic E-state index is -0.499. The number of esters is 1. The van der Waals surface area contributed by atoms with Crippen molar-refractivity contribution in [2.45, 2.75) is 13.0 Å². The lowest BCUT2D eigenvalue weighted by Gasteiger charge is -2.26. The number of para-hydroxylation sites is 1. The predicted octanol–water partition coefficient (Wildman–Crippen LogP) is 3.78. The number of nitrogens with one attached hydrogen (secondary N) is 1. The molecule has 0 spiro atoms. The van der Waals surface area contributed by atoms with E-state index < -0.39 is 5.97 Å². The Morgan fingerprint density at radius 1 is 1.17 bits per heavy atom. The lowest BCUT2D eigenvalue weighted by molar-refractivity contribution is -0.119. The summed E-state index contributed by atoms with van der Waals surface area (Å²) in [6.45, 7) is 1.17. The van der Waals surface area contributed by atoms with Gasteiger partial charge in [0.2, 0.25) is 0 Å². The second-order valence-corrected chi connectivity index (χ2v) is 7.96. The summed E-state index contributed by atoms with van der Waals surface area (Å²) in [5.41, 5.74) is 3.72. The molecule has 1 aromatic heterocycles. The van der Waals surface area contributed by atoms with Gasteiger partial charge in [0.15, 0.2) is 6.61 Å². The van der Waals surface area contributed by atoms with E-state index in [2.05, 4.69) is 26.1 Å². The van der Waals surface area contributed by atoms with E-state index in [1.54, 1.807) is 12.1 Å². The fraction of sp³-hybridized carbons (Fsp3) is 0.227. The first-order valence-corrected chi connectivity index (χ1v) is 10.1. The maximum Gasteiger partial charge on any atom is 0.339 e. The number of hydrogen-bond donors (Lipinski definition) is 1. The van der Waals surface area contributed by atoms with Gasteiger partial charge in [-0.3, -0.25) is 9.78 Å². The van der Waals surface area contributed by atoms with Crippen molar-refractivity contribution in [2.75, 3.05) is 25.5 Å². The first-order chi connectivity index (χ1) is 14.0. The van der Waals surface area contributed by atoms with Crippen molar-refractivity contribution >= 4 is 44.4 Å². The minimum Gasteiger partial charge on any atom is -0.452 e. The minimum absolute atomic E-state index is 0.351. The Labute approximate surface area is 177 Å². The summed E-state index contributed by atoms with van der Waals surface area (Å²) in [4.78, 5) is 32.1. The van der Waals surface area contributed by atoms with Crippen molar-refractivity contribution in [2.24, 2.45) is 0 Å². The summed E-state index contributed by atoms with van der Waals surface area (Å²) in [6, 6.07) is 14.7. The zero-order valence-corrected chi connectivity index (χ0v) is 17.5. The van der Waals surface area contributed by atoms with Crippen molar-refractivity contribution in [1.82, 2.24) is 9.88 Å². The quantitative estimate of drug-likeness (QED) is 0.608. The number of carbonyl (C=O) groups excluding carboxylic acids is 2. The van der Waals surface area contributed by atoms with Crippen LogP contribution in [0.1, 0.15) is 21.6 Å². The normalized spacial score (nSPS) is 13.7. The van der Waals surface area contributed by atoms with Crippen LogP contribution in [0, 0.1) is 0 Å². The molecule has 0 unspecified atom stereocenters. The summed E-state index contributed by atoms with van der Waals surface area (Å²) in [5.74, 6) is -0.883. The standard InChI is InChI=1S/C22H20BrN3O3/c1-26-11-10-19-17(12-26)21(16-4-2-3-5-18(16)25-19)22(28)29-13-20(27)24-15-8-6-14(23)7-9-15/h2-9H,10-13H2,1H3,(H,24,27). The van der Waals surface area contributed by atoms with Crippen molar-refractivity contribution < 1.29 is 14.3 Å². The Morgan fingerprint density at radius 2 is 1.93 bits per heavy atom. The van der Waals surface area contributed by atoms with Crippen LogP contribution in [0.4, 0.5) is 5.69 Å². The number of halogens is 1. The average molecular weight is 454 g/mol. The number of amides is 1. The Bertz CT molecular complexity index is 1080. The molecule has 1 N–H and O–H groups in total. The summed E-state index contributed by atoms with van der Waals surface area (Å²) in [7, 11) is 2.01. The highest BCUT2D eigenvalue weighted by Gasteiger charge is 2.25. The van der Waals surface area contributed by atoms with Gasteiger partial charge in [0, 0.05) is 46.3 Å². The number of fused-ring (bicyclic) bond motifs is 2. The third-order valence-electron chi connectivity index (χ3n) is 4.90. The molecular formula is C22H20BrN3O3. The van der Waals surface area contributed by atoms with Crippen LogP contribution in [-0.2, 0) is 22.5 Å². The maximum atomic E-state index is 13.0. The first-order valence-electron chi connectivity index (χ1n) is 9.33. The highest BCUT2D eigenvalue weighted by Crippen LogP contribution is 2.28. The van der Waals surface area contributed by atoms with Gasteiger partial charge < -0.3 is 15.0 Å². The largest absolute Gasteiger partial charge is 0.452 e. The smallest absolute Gasteiger partial charge is 0.339 e. The van der Waals surface area contributed by atoms with Crippen LogP contribution in [-0.4, -0.2) is 42.0 Å². The summed E-state index contributed by atoms with van der Waals surface area (Å²) in [5, 5.41) is 3.47. The molecule has 3 aromatic rings. The highest BCUT2D eigenvalue weighted by molar-refractivity contribution is 9.10. The van der Waals surface area contributed by atoms with Gasteiger partial charge in [-0.15, -0.1) is 0 Å². The molecule has 4 rings (SSSR count). The van der Waals surface area contributed by atoms with Gasteiger partial charge in [0.05, 0.1) is 11.1 Å². The predicted molar refractivity (Wildman–Crippen MR) is 115 cm³/mol. The molecule has 6 nitrogen and oxygen atoms in total. The van der Waals surface area contributed by atoms with E-state index in [4.69, 9.17) is 9.72 Å². The number of nitrogens with zero attached hydrogens (tertiary/aromatic N) is 2. The summed E-state index contributed by atoms with van der Waals surface area (Å²) in [6.07, 6.45) is 0.779. The van der Waals surface area contributed by atoms with Crippen LogP contribution < -0.4 is 5.32 Å². The van der Waals surface area contributed by atoms with Crippen molar-refractivity contribution in [1.29, 1.82) is 0 Å². The molecule has 0 saturated heterocycles. The number of carbonyl (C=O) groups is 2. The molecular weight excluding hydrogens is 434 g/mol. The number of benzene rings is 2. The molecule has 1 amide bonds. The number of ether oxygens (including phenoxy) is 1. The second kappa shape index (κ2) is 8.31. The van der Waals surface area contributed by atoms with E-state index in [1.165, 1.54) is 0 Å². The molecule has 29 heavy (non-hydrogen) atoms. The Hall–Kier alpha value is -2.77. The number of likely N-dealkylation sites (N-methyl/N-ethyl adjacent to an activating group) is 1. The zero-order chi connectivity index (χ0) is 20.4. The van der Waals surface area contributed by atoms with Gasteiger partial charge >= 0.3 is 5.97 Å². The van der Waals surface area contributed by atoms with Crippen LogP contribution in [0.5, 0.6) is 0 Å². The average Bonchev–Trinajstić information content (AvgIpc) is 2.72. The van der Waals surface area contributed by atoms with Crippen molar-refractivity contribution in [3.8, 4) is 0 Å². The fourth-order valence-corrected chi connectivity index (χ4v) is 3.76. The highest BCUT2D eigenvalue weighted by atomic mass is 79.9. The molecule has 7 heteroatoms. The number of anilines is 1. The third kappa shape index (κ3) is 4.31. The van der Waals surface area contributed by atoms with Gasteiger partial charge in [0.25, 0.3) is 5.91 Å². The molecule has 148 valence electrons. The van der Waals surface area contributed by atoms with Crippen molar-refractivity contribution in [3.05, 3.63) is 69.8 Å². The summed E-state index contributed by atoms with van der Waals surface area (Å²) >= 11 is 3.35. The molecule has 1 aliphatic rings. The van der Waals surface area contributed by atoms with Gasteiger partial charge in [-0.1, -0.05) is 34.1 Å². The molecule has 0 saturated carbocycles. The maximum absolute atomic E-state index is 13.0. The summed E-state index contributed by atoms with van der Waals surface area (Å²) < 4.78 is 6.31. The van der Waals surface area contributed by atoms with Gasteiger partial charge in [-0.25, -0.2) is 4.79 Å². The molecule has 0 bridgehead atoms. The van der Waals surface area contributed by atoms with Crippen LogP contribution in [0.3, 0.4) is 0 Å². The Kier molecular flexibility index (Phi) is 5.60. The van der Waals surface area contributed by atoms with Crippen LogP contribution >= 0.6 is 15.9 Å². The fourth-order valence-electron chi connectivity index (χ4n) is 3.49. The number of pyridine rings is 1. The van der Waals surface area contributed by atoms with Gasteiger partial charge in [-0.2, -0.15) is 0 Å². The molecule has 1 aliphatic heterocycles. The lowest BCUT2D eigenvalue weighted by Crippen LogP contribution is -2.30. The topological polar surface area (TPSA) is 71.5 Å². The van der Waals surface area contributed by atoms with Gasteiger partial charge in [0.1, 0.15) is 0 Å². The molecule has 0 radical (unpaired) electrons. The van der Waals surface area contributed by atoms with Crippen LogP contribution in [0.2, 0.25) is 0 Å². The SMILES string of the molecule is CN1CCc2nc3ccccc3c(C(=O)OCC(=O)Nc3ccc(Br)cc3)c2C1.